The zero-order chi connectivity index (χ0) is 39.4. The Bertz CT molecular complexity index is 1850. The largest absolute Gasteiger partial charge is 0.445 e. The average Bonchev–Trinajstić information content (AvgIpc) is 3.08. The number of fused-ring (bicyclic) bond motifs is 1. The van der Waals surface area contributed by atoms with Crippen molar-refractivity contribution in [2.75, 3.05) is 17.3 Å². The van der Waals surface area contributed by atoms with E-state index in [1.807, 2.05) is 0 Å². The van der Waals surface area contributed by atoms with Crippen molar-refractivity contribution in [1.82, 2.24) is 21.5 Å². The number of anilines is 1. The van der Waals surface area contributed by atoms with Crippen LogP contribution >= 0.6 is 11.6 Å². The maximum Gasteiger partial charge on any atom is 0.409 e. The summed E-state index contributed by atoms with van der Waals surface area (Å²) in [7, 11) is -4.58. The summed E-state index contributed by atoms with van der Waals surface area (Å²) < 4.78 is 94.1. The normalized spacial score (nSPS) is 16.4. The molecular weight excluding hydrogens is 742 g/mol. The molecule has 1 aliphatic heterocycles. The molecule has 0 spiro atoms. The Kier molecular flexibility index (Phi) is 12.6. The number of sulfone groups is 1. The van der Waals surface area contributed by atoms with Crippen molar-refractivity contribution in [1.29, 1.82) is 0 Å². The molecule has 3 rings (SSSR count). The number of halogens is 5. The van der Waals surface area contributed by atoms with E-state index in [1.165, 1.54) is 45.0 Å². The van der Waals surface area contributed by atoms with Crippen LogP contribution in [0.5, 0.6) is 0 Å². The van der Waals surface area contributed by atoms with Crippen molar-refractivity contribution in [3.05, 3.63) is 71.0 Å². The summed E-state index contributed by atoms with van der Waals surface area (Å²) in [5, 5.41) is 4.10. The monoisotopic (exact) mass is 777 g/mol. The van der Waals surface area contributed by atoms with Crippen molar-refractivity contribution < 1.29 is 59.4 Å². The molecule has 1 aliphatic rings. The highest BCUT2D eigenvalue weighted by Gasteiger charge is 2.54. The molecule has 52 heavy (non-hydrogen) atoms. The number of hydrazine groups is 1. The average molecular weight is 778 g/mol. The highest BCUT2D eigenvalue weighted by molar-refractivity contribution is 7.91. The fourth-order valence-electron chi connectivity index (χ4n) is 4.79. The number of nitrogens with zero attached hydrogens (tertiary/aromatic N) is 1. The van der Waals surface area contributed by atoms with Crippen LogP contribution in [0.2, 0.25) is 5.02 Å². The van der Waals surface area contributed by atoms with Crippen LogP contribution in [-0.2, 0) is 35.4 Å². The molecule has 5 amide bonds. The van der Waals surface area contributed by atoms with Gasteiger partial charge >= 0.3 is 18.4 Å². The van der Waals surface area contributed by atoms with E-state index in [1.54, 1.807) is 16.2 Å². The van der Waals surface area contributed by atoms with Gasteiger partial charge in [-0.15, -0.1) is 0 Å². The van der Waals surface area contributed by atoms with Gasteiger partial charge in [0, 0.05) is 5.02 Å². The molecule has 1 unspecified atom stereocenters. The Morgan fingerprint density at radius 2 is 1.65 bits per heavy atom. The lowest BCUT2D eigenvalue weighted by molar-refractivity contribution is -0.183. The minimum atomic E-state index is -5.19. The van der Waals surface area contributed by atoms with Crippen LogP contribution in [0.3, 0.4) is 0 Å². The number of benzene rings is 2. The third-order valence-electron chi connectivity index (χ3n) is 7.33. The molecule has 0 aromatic heterocycles. The van der Waals surface area contributed by atoms with Gasteiger partial charge in [0.1, 0.15) is 30.1 Å². The molecule has 2 aromatic carbocycles. The third-order valence-corrected chi connectivity index (χ3v) is 9.35. The molecule has 4 N–H and O–H groups in total. The van der Waals surface area contributed by atoms with Crippen molar-refractivity contribution in [2.45, 2.75) is 69.9 Å². The zero-order valence-electron chi connectivity index (χ0n) is 28.4. The minimum Gasteiger partial charge on any atom is -0.445 e. The first-order chi connectivity index (χ1) is 23.9. The van der Waals surface area contributed by atoms with Gasteiger partial charge in [-0.05, 0) is 64.4 Å². The summed E-state index contributed by atoms with van der Waals surface area (Å²) in [4.78, 5) is 64.7. The Balaban J connectivity index is 2.00. The van der Waals surface area contributed by atoms with E-state index in [4.69, 9.17) is 16.3 Å². The van der Waals surface area contributed by atoms with E-state index in [2.05, 4.69) is 16.6 Å². The first kappa shape index (κ1) is 41.5. The van der Waals surface area contributed by atoms with Crippen LogP contribution in [0.4, 0.5) is 32.8 Å². The van der Waals surface area contributed by atoms with E-state index < -0.39 is 103 Å². The van der Waals surface area contributed by atoms with E-state index in [0.29, 0.717) is 22.7 Å². The second kappa shape index (κ2) is 15.8. The van der Waals surface area contributed by atoms with Gasteiger partial charge in [-0.25, -0.2) is 22.4 Å². The summed E-state index contributed by atoms with van der Waals surface area (Å²) >= 11 is 5.97. The SMILES string of the molecule is C=CCOC(=O)NC(C(F)(F)F)C(C)(C)C(=O)NNC(=O)c1cc2c(cc1F)S(=O)(=O)C[C@H](NC(=O)OC(C)(C)C)C(=O)N2Cc1ccc(Cl)cc1. The van der Waals surface area contributed by atoms with Crippen LogP contribution in [0.1, 0.15) is 50.5 Å². The second-order valence-electron chi connectivity index (χ2n) is 13.0. The zero-order valence-corrected chi connectivity index (χ0v) is 30.0. The van der Waals surface area contributed by atoms with Gasteiger partial charge < -0.3 is 25.0 Å². The lowest BCUT2D eigenvalue weighted by Gasteiger charge is -2.34. The number of hydrogen-bond donors (Lipinski definition) is 4. The summed E-state index contributed by atoms with van der Waals surface area (Å²) in [6, 6.07) is 2.54. The molecule has 0 fully saturated rings. The fraction of sp³-hybridized carbons (Fsp3) is 0.406. The summed E-state index contributed by atoms with van der Waals surface area (Å²) in [5.41, 5.74) is -1.03. The quantitative estimate of drug-likeness (QED) is 0.163. The lowest BCUT2D eigenvalue weighted by atomic mass is 9.83. The number of alkyl carbamates (subject to hydrolysis) is 2. The number of hydrogen-bond acceptors (Lipinski definition) is 9. The first-order valence-corrected chi connectivity index (χ1v) is 17.2. The fourth-order valence-corrected chi connectivity index (χ4v) is 6.53. The molecule has 0 saturated carbocycles. The molecule has 0 bridgehead atoms. The molecule has 14 nitrogen and oxygen atoms in total. The molecule has 20 heteroatoms. The smallest absolute Gasteiger partial charge is 0.409 e. The van der Waals surface area contributed by atoms with Gasteiger partial charge in [-0.3, -0.25) is 25.2 Å². The van der Waals surface area contributed by atoms with E-state index in [9.17, 15) is 45.6 Å². The van der Waals surface area contributed by atoms with Crippen LogP contribution in [-0.4, -0.2) is 74.5 Å². The maximum absolute atomic E-state index is 15.5. The van der Waals surface area contributed by atoms with Crippen molar-refractivity contribution >= 4 is 57.0 Å². The molecule has 0 aliphatic carbocycles. The van der Waals surface area contributed by atoms with Gasteiger partial charge in [-0.2, -0.15) is 13.2 Å². The van der Waals surface area contributed by atoms with Crippen LogP contribution in [0.15, 0.2) is 53.9 Å². The van der Waals surface area contributed by atoms with Gasteiger partial charge in [0.05, 0.1) is 33.9 Å². The van der Waals surface area contributed by atoms with Crippen LogP contribution in [0.25, 0.3) is 0 Å². The van der Waals surface area contributed by atoms with E-state index in [0.717, 1.165) is 24.8 Å². The first-order valence-electron chi connectivity index (χ1n) is 15.2. The number of nitrogens with one attached hydrogen (secondary N) is 4. The van der Waals surface area contributed by atoms with Crippen molar-refractivity contribution in [3.8, 4) is 0 Å². The second-order valence-corrected chi connectivity index (χ2v) is 15.4. The highest BCUT2D eigenvalue weighted by atomic mass is 35.5. The predicted octanol–water partition coefficient (Wildman–Crippen LogP) is 4.32. The molecule has 0 radical (unpaired) electrons. The number of carbonyl (C=O) groups excluding carboxylic acids is 5. The summed E-state index contributed by atoms with van der Waals surface area (Å²) in [6.45, 7) is 8.67. The van der Waals surface area contributed by atoms with Gasteiger partial charge in [-0.1, -0.05) is 36.4 Å². The third kappa shape index (κ3) is 10.3. The van der Waals surface area contributed by atoms with E-state index >= 15 is 4.39 Å². The Hall–Kier alpha value is -4.91. The molecule has 1 heterocycles. The Morgan fingerprint density at radius 1 is 1.04 bits per heavy atom. The van der Waals surface area contributed by atoms with Crippen LogP contribution < -0.4 is 26.4 Å². The van der Waals surface area contributed by atoms with E-state index in [-0.39, 0.29) is 6.54 Å². The van der Waals surface area contributed by atoms with Crippen molar-refractivity contribution in [3.63, 3.8) is 0 Å². The standard InChI is InChI=1S/C32H36ClF4N5O9S/c1-7-12-50-28(46)39-26(32(35,36)37)31(5,6)27(45)41-40-24(43)19-13-22-23(14-20(19)34)52(48,49)16-21(38-29(47)51-30(2,3)4)25(44)42(22)15-17-8-10-18(33)11-9-17/h7-11,13-14,21,26H,1,12,15-16H2,2-6H3,(H,38,47)(H,39,46)(H,40,43)(H,41,45)/t21-,26?/m0/s1. The highest BCUT2D eigenvalue weighted by Crippen LogP contribution is 2.36. The maximum atomic E-state index is 15.5. The molecule has 0 saturated heterocycles. The number of amides is 5. The molecule has 284 valence electrons. The number of ether oxygens (including phenoxy) is 2. The van der Waals surface area contributed by atoms with Crippen LogP contribution in [0, 0.1) is 11.2 Å². The van der Waals surface area contributed by atoms with Gasteiger partial charge in [0.2, 0.25) is 5.91 Å². The Labute approximate surface area is 301 Å². The Morgan fingerprint density at radius 3 is 2.21 bits per heavy atom. The van der Waals surface area contributed by atoms with Gasteiger partial charge in [0.25, 0.3) is 11.8 Å². The molecule has 2 aromatic rings. The summed E-state index contributed by atoms with van der Waals surface area (Å²) in [5.74, 6) is -6.42. The predicted molar refractivity (Wildman–Crippen MR) is 178 cm³/mol. The topological polar surface area (TPSA) is 189 Å². The lowest BCUT2D eigenvalue weighted by Crippen LogP contribution is -2.61. The number of carbonyl (C=O) groups is 5. The molecule has 2 atom stereocenters. The molecular formula is C32H36ClF4N5O9S. The summed E-state index contributed by atoms with van der Waals surface area (Å²) in [6.07, 6.45) is -6.74. The number of rotatable bonds is 9. The van der Waals surface area contributed by atoms with Gasteiger partial charge in [0.15, 0.2) is 9.84 Å². The number of alkyl halides is 3. The van der Waals surface area contributed by atoms with Crippen molar-refractivity contribution in [2.24, 2.45) is 5.41 Å². The minimum absolute atomic E-state index is 0.328.